The Bertz CT molecular complexity index is 550. The van der Waals surface area contributed by atoms with Gasteiger partial charge in [0, 0.05) is 6.42 Å². The van der Waals surface area contributed by atoms with Gasteiger partial charge in [-0.05, 0) is 30.7 Å². The maximum Gasteiger partial charge on any atom is 0.153 e. The molecular formula is C16H18N2O. The Morgan fingerprint density at radius 1 is 1.05 bits per heavy atom. The van der Waals surface area contributed by atoms with E-state index in [1.54, 1.807) is 0 Å². The molecule has 98 valence electrons. The van der Waals surface area contributed by atoms with E-state index in [0.717, 1.165) is 24.3 Å². The van der Waals surface area contributed by atoms with Crippen LogP contribution in [0.2, 0.25) is 0 Å². The summed E-state index contributed by atoms with van der Waals surface area (Å²) in [5, 5.41) is 0. The van der Waals surface area contributed by atoms with Crippen LogP contribution in [0.3, 0.4) is 0 Å². The lowest BCUT2D eigenvalue weighted by atomic mass is 10.2. The molecule has 0 aliphatic heterocycles. The zero-order valence-corrected chi connectivity index (χ0v) is 11.0. The van der Waals surface area contributed by atoms with Crippen LogP contribution < -0.4 is 10.5 Å². The fourth-order valence-electron chi connectivity index (χ4n) is 1.72. The Balaban J connectivity index is 2.24. The zero-order valence-electron chi connectivity index (χ0n) is 11.0. The molecule has 0 spiro atoms. The van der Waals surface area contributed by atoms with Crippen molar-refractivity contribution in [1.82, 2.24) is 0 Å². The molecule has 3 heteroatoms. The van der Waals surface area contributed by atoms with Crippen molar-refractivity contribution in [3.63, 3.8) is 0 Å². The van der Waals surface area contributed by atoms with Gasteiger partial charge in [0.2, 0.25) is 0 Å². The van der Waals surface area contributed by atoms with Gasteiger partial charge in [-0.15, -0.1) is 0 Å². The standard InChI is InChI=1S/C16H18N2O/c1-2-8-16(17)18-14-11-6-7-12-15(14)19-13-9-4-3-5-10-13/h3-7,9-12H,2,8H2,1H3,(H2,17,18). The highest BCUT2D eigenvalue weighted by Gasteiger charge is 2.03. The van der Waals surface area contributed by atoms with Crippen LogP contribution >= 0.6 is 0 Å². The van der Waals surface area contributed by atoms with Crippen molar-refractivity contribution in [1.29, 1.82) is 0 Å². The highest BCUT2D eigenvalue weighted by molar-refractivity contribution is 5.83. The third-order valence-electron chi connectivity index (χ3n) is 2.61. The summed E-state index contributed by atoms with van der Waals surface area (Å²) in [7, 11) is 0. The normalized spacial score (nSPS) is 11.3. The van der Waals surface area contributed by atoms with Crippen molar-refractivity contribution in [2.24, 2.45) is 10.7 Å². The van der Waals surface area contributed by atoms with Gasteiger partial charge in [-0.1, -0.05) is 37.3 Å². The average Bonchev–Trinajstić information content (AvgIpc) is 2.42. The number of ether oxygens (including phenoxy) is 1. The van der Waals surface area contributed by atoms with Gasteiger partial charge < -0.3 is 10.5 Å². The summed E-state index contributed by atoms with van der Waals surface area (Å²) < 4.78 is 5.83. The minimum atomic E-state index is 0.631. The fourth-order valence-corrected chi connectivity index (χ4v) is 1.72. The van der Waals surface area contributed by atoms with Gasteiger partial charge in [-0.25, -0.2) is 4.99 Å². The van der Waals surface area contributed by atoms with Gasteiger partial charge in [0.05, 0.1) is 5.84 Å². The molecule has 0 bridgehead atoms. The Morgan fingerprint density at radius 3 is 2.47 bits per heavy atom. The molecule has 0 saturated carbocycles. The first kappa shape index (κ1) is 13.1. The van der Waals surface area contributed by atoms with Crippen molar-refractivity contribution in [2.75, 3.05) is 0 Å². The molecule has 0 unspecified atom stereocenters. The summed E-state index contributed by atoms with van der Waals surface area (Å²) in [5.74, 6) is 2.14. The van der Waals surface area contributed by atoms with E-state index in [9.17, 15) is 0 Å². The molecule has 0 heterocycles. The molecule has 19 heavy (non-hydrogen) atoms. The third kappa shape index (κ3) is 3.85. The van der Waals surface area contributed by atoms with Crippen molar-refractivity contribution in [3.05, 3.63) is 54.6 Å². The van der Waals surface area contributed by atoms with Gasteiger partial charge >= 0.3 is 0 Å². The summed E-state index contributed by atoms with van der Waals surface area (Å²) in [6.07, 6.45) is 1.77. The predicted octanol–water partition coefficient (Wildman–Crippen LogP) is 4.27. The minimum absolute atomic E-state index is 0.631. The van der Waals surface area contributed by atoms with E-state index >= 15 is 0 Å². The van der Waals surface area contributed by atoms with Gasteiger partial charge in [0.15, 0.2) is 5.75 Å². The second-order valence-electron chi connectivity index (χ2n) is 4.24. The largest absolute Gasteiger partial charge is 0.455 e. The number of benzene rings is 2. The Hall–Kier alpha value is -2.29. The van der Waals surface area contributed by atoms with Crippen LogP contribution in [0.25, 0.3) is 0 Å². The molecule has 0 aliphatic rings. The van der Waals surface area contributed by atoms with E-state index in [2.05, 4.69) is 11.9 Å². The number of nitrogens with zero attached hydrogens (tertiary/aromatic N) is 1. The fraction of sp³-hybridized carbons (Fsp3) is 0.188. The summed E-state index contributed by atoms with van der Waals surface area (Å²) in [4.78, 5) is 4.41. The van der Waals surface area contributed by atoms with Gasteiger partial charge in [0.1, 0.15) is 11.4 Å². The van der Waals surface area contributed by atoms with E-state index in [-0.39, 0.29) is 0 Å². The monoisotopic (exact) mass is 254 g/mol. The Morgan fingerprint density at radius 2 is 1.74 bits per heavy atom. The highest BCUT2D eigenvalue weighted by atomic mass is 16.5. The number of hydrogen-bond donors (Lipinski definition) is 1. The van der Waals surface area contributed by atoms with E-state index in [4.69, 9.17) is 10.5 Å². The maximum atomic E-state index is 5.87. The van der Waals surface area contributed by atoms with Gasteiger partial charge in [-0.2, -0.15) is 0 Å². The lowest BCUT2D eigenvalue weighted by Gasteiger charge is -2.08. The lowest BCUT2D eigenvalue weighted by molar-refractivity contribution is 0.484. The molecule has 0 fully saturated rings. The number of amidine groups is 1. The van der Waals surface area contributed by atoms with Crippen LogP contribution in [0.5, 0.6) is 11.5 Å². The summed E-state index contributed by atoms with van der Waals surface area (Å²) in [5.41, 5.74) is 6.63. The van der Waals surface area contributed by atoms with E-state index in [1.165, 1.54) is 0 Å². The van der Waals surface area contributed by atoms with Crippen LogP contribution in [0.15, 0.2) is 59.6 Å². The zero-order chi connectivity index (χ0) is 13.5. The van der Waals surface area contributed by atoms with Gasteiger partial charge in [0.25, 0.3) is 0 Å². The molecular weight excluding hydrogens is 236 g/mol. The molecule has 0 amide bonds. The molecule has 2 aromatic carbocycles. The molecule has 0 aromatic heterocycles. The van der Waals surface area contributed by atoms with Crippen LogP contribution in [-0.2, 0) is 0 Å². The first-order valence-corrected chi connectivity index (χ1v) is 6.44. The van der Waals surface area contributed by atoms with Crippen molar-refractivity contribution >= 4 is 11.5 Å². The third-order valence-corrected chi connectivity index (χ3v) is 2.61. The van der Waals surface area contributed by atoms with Crippen LogP contribution in [0.1, 0.15) is 19.8 Å². The van der Waals surface area contributed by atoms with Crippen LogP contribution in [-0.4, -0.2) is 5.84 Å². The Kier molecular flexibility index (Phi) is 4.56. The topological polar surface area (TPSA) is 47.6 Å². The summed E-state index contributed by atoms with van der Waals surface area (Å²) in [6, 6.07) is 17.3. The smallest absolute Gasteiger partial charge is 0.153 e. The summed E-state index contributed by atoms with van der Waals surface area (Å²) >= 11 is 0. The highest BCUT2D eigenvalue weighted by Crippen LogP contribution is 2.31. The molecule has 2 rings (SSSR count). The SMILES string of the molecule is CCCC(N)=Nc1ccccc1Oc1ccccc1. The molecule has 0 radical (unpaired) electrons. The maximum absolute atomic E-state index is 5.87. The second-order valence-corrected chi connectivity index (χ2v) is 4.24. The number of hydrogen-bond acceptors (Lipinski definition) is 2. The molecule has 2 aromatic rings. The summed E-state index contributed by atoms with van der Waals surface area (Å²) in [6.45, 7) is 2.08. The van der Waals surface area contributed by atoms with E-state index in [0.29, 0.717) is 11.6 Å². The van der Waals surface area contributed by atoms with Crippen LogP contribution in [0.4, 0.5) is 5.69 Å². The van der Waals surface area contributed by atoms with Crippen molar-refractivity contribution in [3.8, 4) is 11.5 Å². The average molecular weight is 254 g/mol. The Labute approximate surface area is 113 Å². The predicted molar refractivity (Wildman–Crippen MR) is 79.1 cm³/mol. The molecule has 0 atom stereocenters. The molecule has 0 aliphatic carbocycles. The number of para-hydroxylation sites is 3. The lowest BCUT2D eigenvalue weighted by Crippen LogP contribution is -2.10. The number of aliphatic imine (C=N–C) groups is 1. The van der Waals surface area contributed by atoms with E-state index in [1.807, 2.05) is 54.6 Å². The molecule has 3 nitrogen and oxygen atoms in total. The molecule has 0 saturated heterocycles. The first-order chi connectivity index (χ1) is 9.29. The second kappa shape index (κ2) is 6.59. The number of rotatable bonds is 5. The van der Waals surface area contributed by atoms with Crippen molar-refractivity contribution in [2.45, 2.75) is 19.8 Å². The van der Waals surface area contributed by atoms with Crippen molar-refractivity contribution < 1.29 is 4.74 Å². The van der Waals surface area contributed by atoms with E-state index < -0.39 is 0 Å². The van der Waals surface area contributed by atoms with Gasteiger partial charge in [-0.3, -0.25) is 0 Å². The quantitative estimate of drug-likeness (QED) is 0.640. The van der Waals surface area contributed by atoms with Crippen LogP contribution in [0, 0.1) is 0 Å². The molecule has 2 N–H and O–H groups in total. The first-order valence-electron chi connectivity index (χ1n) is 6.44. The minimum Gasteiger partial charge on any atom is -0.455 e. The number of nitrogens with two attached hydrogens (primary N) is 1.